The van der Waals surface area contributed by atoms with Gasteiger partial charge in [0.1, 0.15) is 0 Å². The highest BCUT2D eigenvalue weighted by atomic mass is 32.2. The fraction of sp³-hybridized carbons (Fsp3) is 0.682. The van der Waals surface area contributed by atoms with Crippen molar-refractivity contribution < 1.29 is 13.2 Å². The van der Waals surface area contributed by atoms with Crippen LogP contribution in [0.15, 0.2) is 23.1 Å². The Labute approximate surface area is 174 Å². The molecule has 29 heavy (non-hydrogen) atoms. The predicted octanol–water partition coefficient (Wildman–Crippen LogP) is 1.99. The molecular weight excluding hydrogens is 386 g/mol. The molecule has 0 unspecified atom stereocenters. The number of piperidine rings is 1. The first-order chi connectivity index (χ1) is 13.8. The zero-order valence-corrected chi connectivity index (χ0v) is 18.5. The zero-order chi connectivity index (χ0) is 20.6. The molecule has 1 aromatic rings. The molecule has 2 atom stereocenters. The van der Waals surface area contributed by atoms with E-state index in [2.05, 4.69) is 18.7 Å². The number of sulfonamides is 1. The van der Waals surface area contributed by atoms with Crippen molar-refractivity contribution in [3.8, 4) is 0 Å². The Balaban J connectivity index is 1.34. The fourth-order valence-electron chi connectivity index (χ4n) is 5.25. The number of rotatable bonds is 4. The minimum absolute atomic E-state index is 0.126. The number of hydrogen-bond acceptors (Lipinski definition) is 4. The van der Waals surface area contributed by atoms with Crippen LogP contribution in [0.2, 0.25) is 0 Å². The number of likely N-dealkylation sites (tertiary alicyclic amines) is 1. The van der Waals surface area contributed by atoms with Gasteiger partial charge >= 0.3 is 0 Å². The first-order valence-electron chi connectivity index (χ1n) is 10.9. The van der Waals surface area contributed by atoms with Crippen molar-refractivity contribution in [1.82, 2.24) is 14.1 Å². The van der Waals surface area contributed by atoms with Gasteiger partial charge in [0.25, 0.3) is 0 Å². The van der Waals surface area contributed by atoms with Gasteiger partial charge in [0.05, 0.1) is 11.4 Å². The van der Waals surface area contributed by atoms with Crippen molar-refractivity contribution in [3.05, 3.63) is 29.3 Å². The first-order valence-corrected chi connectivity index (χ1v) is 12.4. The molecule has 0 radical (unpaired) electrons. The van der Waals surface area contributed by atoms with E-state index in [-0.39, 0.29) is 5.91 Å². The minimum Gasteiger partial charge on any atom is -0.339 e. The van der Waals surface area contributed by atoms with Crippen LogP contribution in [-0.2, 0) is 27.7 Å². The van der Waals surface area contributed by atoms with Crippen LogP contribution in [0.3, 0.4) is 0 Å². The summed E-state index contributed by atoms with van der Waals surface area (Å²) in [4.78, 5) is 17.2. The number of benzene rings is 1. The second-order valence-corrected chi connectivity index (χ2v) is 11.1. The molecule has 0 spiro atoms. The SMILES string of the molecule is C[C@@H]1C[C@@H](C)CN(CC(=O)N2CCN(S(=O)(=O)c3ccc4c(c3)CCC4)CC2)C1. The van der Waals surface area contributed by atoms with Crippen LogP contribution in [0.25, 0.3) is 0 Å². The van der Waals surface area contributed by atoms with Crippen molar-refractivity contribution in [3.63, 3.8) is 0 Å². The fourth-order valence-corrected chi connectivity index (χ4v) is 6.72. The third-order valence-corrected chi connectivity index (χ3v) is 8.50. The van der Waals surface area contributed by atoms with Crippen molar-refractivity contribution in [2.75, 3.05) is 45.8 Å². The Hall–Kier alpha value is -1.44. The van der Waals surface area contributed by atoms with Crippen LogP contribution in [-0.4, -0.2) is 74.2 Å². The molecule has 1 amide bonds. The highest BCUT2D eigenvalue weighted by molar-refractivity contribution is 7.89. The Morgan fingerprint density at radius 2 is 1.66 bits per heavy atom. The van der Waals surface area contributed by atoms with Gasteiger partial charge < -0.3 is 4.90 Å². The molecule has 2 fully saturated rings. The number of amides is 1. The maximum absolute atomic E-state index is 13.1. The van der Waals surface area contributed by atoms with Gasteiger partial charge in [-0.3, -0.25) is 9.69 Å². The highest BCUT2D eigenvalue weighted by Gasteiger charge is 2.32. The molecular formula is C22H33N3O3S. The van der Waals surface area contributed by atoms with E-state index in [4.69, 9.17) is 0 Å². The van der Waals surface area contributed by atoms with Gasteiger partial charge in [0.2, 0.25) is 15.9 Å². The third kappa shape index (κ3) is 4.52. The number of fused-ring (bicyclic) bond motifs is 1. The summed E-state index contributed by atoms with van der Waals surface area (Å²) in [6.45, 7) is 8.59. The van der Waals surface area contributed by atoms with E-state index in [1.165, 1.54) is 17.5 Å². The molecule has 2 aliphatic heterocycles. The predicted molar refractivity (Wildman–Crippen MR) is 113 cm³/mol. The molecule has 7 heteroatoms. The average Bonchev–Trinajstić information content (AvgIpc) is 3.15. The lowest BCUT2D eigenvalue weighted by Crippen LogP contribution is -2.53. The standard InChI is InChI=1S/C22H33N3O3S/c1-17-12-18(2)15-23(14-17)16-22(26)24-8-10-25(11-9-24)29(27,28)21-7-6-19-4-3-5-20(19)13-21/h6-7,13,17-18H,3-5,8-12,14-16H2,1-2H3/t17-,18-/m1/s1. The lowest BCUT2D eigenvalue weighted by atomic mass is 9.92. The van der Waals surface area contributed by atoms with Gasteiger partial charge in [-0.05, 0) is 60.8 Å². The van der Waals surface area contributed by atoms with E-state index in [0.29, 0.717) is 49.5 Å². The maximum Gasteiger partial charge on any atom is 0.243 e. The largest absolute Gasteiger partial charge is 0.339 e. The minimum atomic E-state index is -3.49. The van der Waals surface area contributed by atoms with Gasteiger partial charge in [0.15, 0.2) is 0 Å². The molecule has 160 valence electrons. The summed E-state index contributed by atoms with van der Waals surface area (Å²) in [6, 6.07) is 5.57. The molecule has 0 saturated carbocycles. The second kappa shape index (κ2) is 8.36. The van der Waals surface area contributed by atoms with E-state index in [9.17, 15) is 13.2 Å². The summed E-state index contributed by atoms with van der Waals surface area (Å²) in [5.41, 5.74) is 2.45. The van der Waals surface area contributed by atoms with Crippen LogP contribution in [0.1, 0.15) is 37.8 Å². The topological polar surface area (TPSA) is 60.9 Å². The average molecular weight is 420 g/mol. The monoisotopic (exact) mass is 419 g/mol. The Morgan fingerprint density at radius 1 is 1.00 bits per heavy atom. The van der Waals surface area contributed by atoms with Crippen molar-refractivity contribution in [2.24, 2.45) is 11.8 Å². The van der Waals surface area contributed by atoms with Gasteiger partial charge in [-0.1, -0.05) is 19.9 Å². The lowest BCUT2D eigenvalue weighted by Gasteiger charge is -2.38. The number of carbonyl (C=O) groups excluding carboxylic acids is 1. The summed E-state index contributed by atoms with van der Waals surface area (Å²) in [5.74, 6) is 1.38. The second-order valence-electron chi connectivity index (χ2n) is 9.21. The van der Waals surface area contributed by atoms with Gasteiger partial charge in [-0.2, -0.15) is 4.31 Å². The lowest BCUT2D eigenvalue weighted by molar-refractivity contribution is -0.134. The van der Waals surface area contributed by atoms with Gasteiger partial charge in [0, 0.05) is 39.3 Å². The number of hydrogen-bond donors (Lipinski definition) is 0. The molecule has 2 saturated heterocycles. The van der Waals surface area contributed by atoms with Crippen LogP contribution >= 0.6 is 0 Å². The summed E-state index contributed by atoms with van der Waals surface area (Å²) in [7, 11) is -3.49. The van der Waals surface area contributed by atoms with E-state index in [1.807, 2.05) is 17.0 Å². The van der Waals surface area contributed by atoms with Crippen LogP contribution in [0.4, 0.5) is 0 Å². The van der Waals surface area contributed by atoms with Gasteiger partial charge in [-0.25, -0.2) is 8.42 Å². The molecule has 1 aromatic carbocycles. The Bertz CT molecular complexity index is 852. The maximum atomic E-state index is 13.1. The van der Waals surface area contributed by atoms with Crippen molar-refractivity contribution in [2.45, 2.75) is 44.4 Å². The number of carbonyl (C=O) groups is 1. The number of piperazine rings is 1. The normalized spacial score (nSPS) is 26.5. The summed E-state index contributed by atoms with van der Waals surface area (Å²) < 4.78 is 27.7. The Kier molecular flexibility index (Phi) is 6.00. The highest BCUT2D eigenvalue weighted by Crippen LogP contribution is 2.27. The Morgan fingerprint density at radius 3 is 2.34 bits per heavy atom. The summed E-state index contributed by atoms with van der Waals surface area (Å²) in [5, 5.41) is 0. The quantitative estimate of drug-likeness (QED) is 0.749. The summed E-state index contributed by atoms with van der Waals surface area (Å²) in [6.07, 6.45) is 4.35. The zero-order valence-electron chi connectivity index (χ0n) is 17.6. The van der Waals surface area contributed by atoms with Gasteiger partial charge in [-0.15, -0.1) is 0 Å². The molecule has 3 aliphatic rings. The van der Waals surface area contributed by atoms with Crippen molar-refractivity contribution in [1.29, 1.82) is 0 Å². The van der Waals surface area contributed by atoms with Crippen molar-refractivity contribution >= 4 is 15.9 Å². The summed E-state index contributed by atoms with van der Waals surface area (Å²) >= 11 is 0. The molecule has 1 aliphatic carbocycles. The molecule has 2 heterocycles. The first kappa shape index (κ1) is 20.8. The van der Waals surface area contributed by atoms with E-state index < -0.39 is 10.0 Å². The molecule has 4 rings (SSSR count). The van der Waals surface area contributed by atoms with E-state index >= 15 is 0 Å². The van der Waals surface area contributed by atoms with Crippen LogP contribution < -0.4 is 0 Å². The smallest absolute Gasteiger partial charge is 0.243 e. The molecule has 6 nitrogen and oxygen atoms in total. The van der Waals surface area contributed by atoms with Crippen LogP contribution in [0, 0.1) is 11.8 Å². The molecule has 0 N–H and O–H groups in total. The van der Waals surface area contributed by atoms with Crippen LogP contribution in [0.5, 0.6) is 0 Å². The molecule has 0 aromatic heterocycles. The number of aryl methyl sites for hydroxylation is 2. The number of nitrogens with zero attached hydrogens (tertiary/aromatic N) is 3. The van der Waals surface area contributed by atoms with E-state index in [0.717, 1.165) is 32.4 Å². The third-order valence-electron chi connectivity index (χ3n) is 6.60. The molecule has 0 bridgehead atoms. The van der Waals surface area contributed by atoms with E-state index in [1.54, 1.807) is 10.4 Å².